The highest BCUT2D eigenvalue weighted by Crippen LogP contribution is 2.30. The fourth-order valence-corrected chi connectivity index (χ4v) is 3.98. The molecule has 2 aromatic heterocycles. The van der Waals surface area contributed by atoms with Crippen LogP contribution in [-0.4, -0.2) is 40.3 Å². The summed E-state index contributed by atoms with van der Waals surface area (Å²) >= 11 is 13.4. The van der Waals surface area contributed by atoms with E-state index in [0.29, 0.717) is 37.0 Å². The minimum absolute atomic E-state index is 0.156. The van der Waals surface area contributed by atoms with Crippen LogP contribution in [-0.2, 0) is 4.79 Å². The maximum atomic E-state index is 12.8. The predicted molar refractivity (Wildman–Crippen MR) is 112 cm³/mol. The van der Waals surface area contributed by atoms with Crippen LogP contribution in [0, 0.1) is 6.92 Å². The molecule has 28 heavy (non-hydrogen) atoms. The molecule has 0 spiro atoms. The smallest absolute Gasteiger partial charge is 0.266 e. The monoisotopic (exact) mass is 434 g/mol. The van der Waals surface area contributed by atoms with Gasteiger partial charge in [-0.2, -0.15) is 0 Å². The number of amides is 2. The number of aromatic nitrogens is 2. The molecule has 9 heteroatoms. The largest absolute Gasteiger partial charge is 0.332 e. The lowest BCUT2D eigenvalue weighted by atomic mass is 10.3. The van der Waals surface area contributed by atoms with Gasteiger partial charge in [0.2, 0.25) is 5.91 Å². The normalized spacial score (nSPS) is 10.6. The maximum absolute atomic E-state index is 12.8. The number of aryl methyl sites for hydroxylation is 1. The highest BCUT2D eigenvalue weighted by atomic mass is 35.5. The Balaban J connectivity index is 1.71. The van der Waals surface area contributed by atoms with Gasteiger partial charge in [-0.15, -0.1) is 11.3 Å². The second kappa shape index (κ2) is 8.68. The Bertz CT molecular complexity index is 1000. The van der Waals surface area contributed by atoms with Crippen molar-refractivity contribution in [1.29, 1.82) is 0 Å². The molecular formula is C19H16Cl2N4O2S. The number of pyridine rings is 1. The molecule has 2 amide bonds. The lowest BCUT2D eigenvalue weighted by molar-refractivity contribution is -0.116. The molecule has 6 nitrogen and oxygen atoms in total. The SMILES string of the molecule is Cc1nc(-c2ccccn2)sc1C(=O)N(C)CC(=O)Nc1c(Cl)cccc1Cl. The zero-order chi connectivity index (χ0) is 20.3. The summed E-state index contributed by atoms with van der Waals surface area (Å²) in [6.45, 7) is 1.60. The highest BCUT2D eigenvalue weighted by Gasteiger charge is 2.22. The van der Waals surface area contributed by atoms with E-state index in [9.17, 15) is 9.59 Å². The molecular weight excluding hydrogens is 419 g/mol. The van der Waals surface area contributed by atoms with Gasteiger partial charge in [-0.25, -0.2) is 4.98 Å². The van der Waals surface area contributed by atoms with Crippen LogP contribution >= 0.6 is 34.5 Å². The van der Waals surface area contributed by atoms with Gasteiger partial charge >= 0.3 is 0 Å². The van der Waals surface area contributed by atoms with Crippen molar-refractivity contribution in [2.24, 2.45) is 0 Å². The van der Waals surface area contributed by atoms with E-state index in [2.05, 4.69) is 15.3 Å². The van der Waals surface area contributed by atoms with Crippen LogP contribution in [0.2, 0.25) is 10.0 Å². The number of rotatable bonds is 5. The molecule has 3 aromatic rings. The molecule has 0 aliphatic rings. The Morgan fingerprint density at radius 3 is 2.50 bits per heavy atom. The number of hydrogen-bond acceptors (Lipinski definition) is 5. The number of nitrogens with one attached hydrogen (secondary N) is 1. The summed E-state index contributed by atoms with van der Waals surface area (Å²) in [4.78, 5) is 35.6. The molecule has 0 saturated heterocycles. The Morgan fingerprint density at radius 2 is 1.86 bits per heavy atom. The van der Waals surface area contributed by atoms with Crippen LogP contribution < -0.4 is 5.32 Å². The highest BCUT2D eigenvalue weighted by molar-refractivity contribution is 7.17. The van der Waals surface area contributed by atoms with Crippen molar-refractivity contribution >= 4 is 52.0 Å². The minimum Gasteiger partial charge on any atom is -0.332 e. The molecule has 1 N–H and O–H groups in total. The van der Waals surface area contributed by atoms with Crippen molar-refractivity contribution in [3.63, 3.8) is 0 Å². The Hall–Kier alpha value is -2.48. The number of nitrogens with zero attached hydrogens (tertiary/aromatic N) is 3. The number of anilines is 1. The third-order valence-corrected chi connectivity index (χ3v) is 5.63. The topological polar surface area (TPSA) is 75.2 Å². The first-order chi connectivity index (χ1) is 13.4. The third-order valence-electron chi connectivity index (χ3n) is 3.83. The summed E-state index contributed by atoms with van der Waals surface area (Å²) in [5.74, 6) is -0.699. The van der Waals surface area contributed by atoms with Crippen molar-refractivity contribution < 1.29 is 9.59 Å². The summed E-state index contributed by atoms with van der Waals surface area (Å²) in [6, 6.07) is 10.4. The standard InChI is InChI=1S/C19H16Cl2N4O2S/c1-11-17(28-18(23-11)14-8-3-4-9-22-14)19(27)25(2)10-15(26)24-16-12(20)6-5-7-13(16)21/h3-9H,10H2,1-2H3,(H,24,26). The average molecular weight is 435 g/mol. The molecule has 1 aromatic carbocycles. The van der Waals surface area contributed by atoms with Gasteiger partial charge in [-0.3, -0.25) is 14.6 Å². The lowest BCUT2D eigenvalue weighted by Gasteiger charge is -2.17. The molecule has 0 saturated carbocycles. The van der Waals surface area contributed by atoms with Crippen molar-refractivity contribution in [2.45, 2.75) is 6.92 Å². The zero-order valence-electron chi connectivity index (χ0n) is 15.1. The number of halogens is 2. The van der Waals surface area contributed by atoms with Gasteiger partial charge in [0.1, 0.15) is 9.88 Å². The number of thiazole rings is 1. The van der Waals surface area contributed by atoms with Crippen LogP contribution in [0.4, 0.5) is 5.69 Å². The second-order valence-electron chi connectivity index (χ2n) is 5.95. The molecule has 3 rings (SSSR count). The summed E-state index contributed by atoms with van der Waals surface area (Å²) in [5, 5.41) is 3.95. The van der Waals surface area contributed by atoms with E-state index in [4.69, 9.17) is 23.2 Å². The van der Waals surface area contributed by atoms with Crippen molar-refractivity contribution in [2.75, 3.05) is 18.9 Å². The van der Waals surface area contributed by atoms with E-state index in [0.717, 1.165) is 0 Å². The quantitative estimate of drug-likeness (QED) is 0.639. The number of carbonyl (C=O) groups is 2. The number of benzene rings is 1. The van der Waals surface area contributed by atoms with E-state index in [1.807, 2.05) is 18.2 Å². The molecule has 144 valence electrons. The van der Waals surface area contributed by atoms with Gasteiger partial charge < -0.3 is 10.2 Å². The first kappa shape index (κ1) is 20.3. The summed E-state index contributed by atoms with van der Waals surface area (Å²) in [5.41, 5.74) is 1.61. The summed E-state index contributed by atoms with van der Waals surface area (Å²) < 4.78 is 0. The van der Waals surface area contributed by atoms with Crippen molar-refractivity contribution in [1.82, 2.24) is 14.9 Å². The maximum Gasteiger partial charge on any atom is 0.266 e. The van der Waals surface area contributed by atoms with Crippen molar-refractivity contribution in [3.05, 3.63) is 63.2 Å². The van der Waals surface area contributed by atoms with Gasteiger partial charge in [-0.05, 0) is 31.2 Å². The van der Waals surface area contributed by atoms with E-state index < -0.39 is 5.91 Å². The summed E-state index contributed by atoms with van der Waals surface area (Å²) in [7, 11) is 1.55. The minimum atomic E-state index is -0.405. The number of likely N-dealkylation sites (N-methyl/N-ethyl adjacent to an activating group) is 1. The molecule has 0 aliphatic carbocycles. The Kier molecular flexibility index (Phi) is 6.28. The molecule has 2 heterocycles. The van der Waals surface area contributed by atoms with Gasteiger partial charge in [0.25, 0.3) is 5.91 Å². The zero-order valence-corrected chi connectivity index (χ0v) is 17.4. The summed E-state index contributed by atoms with van der Waals surface area (Å²) in [6.07, 6.45) is 1.67. The van der Waals surface area contributed by atoms with E-state index >= 15 is 0 Å². The Labute approximate surface area is 176 Å². The molecule has 0 unspecified atom stereocenters. The van der Waals surface area contributed by atoms with E-state index in [1.165, 1.54) is 16.2 Å². The van der Waals surface area contributed by atoms with E-state index in [1.54, 1.807) is 38.4 Å². The van der Waals surface area contributed by atoms with Crippen LogP contribution in [0.3, 0.4) is 0 Å². The molecule has 0 fully saturated rings. The van der Waals surface area contributed by atoms with Gasteiger partial charge in [0.15, 0.2) is 0 Å². The third kappa shape index (κ3) is 4.49. The predicted octanol–water partition coefficient (Wildman–Crippen LogP) is 4.53. The van der Waals surface area contributed by atoms with Crippen molar-refractivity contribution in [3.8, 4) is 10.7 Å². The lowest BCUT2D eigenvalue weighted by Crippen LogP contribution is -2.35. The van der Waals surface area contributed by atoms with Crippen LogP contribution in [0.15, 0.2) is 42.6 Å². The fraction of sp³-hybridized carbons (Fsp3) is 0.158. The number of hydrogen-bond donors (Lipinski definition) is 1. The first-order valence-electron chi connectivity index (χ1n) is 8.25. The van der Waals surface area contributed by atoms with Gasteiger partial charge in [-0.1, -0.05) is 35.3 Å². The first-order valence-corrected chi connectivity index (χ1v) is 9.82. The van der Waals surface area contributed by atoms with Gasteiger partial charge in [0, 0.05) is 13.2 Å². The molecule has 0 bridgehead atoms. The van der Waals surface area contributed by atoms with Gasteiger partial charge in [0.05, 0.1) is 33.7 Å². The number of para-hydroxylation sites is 1. The average Bonchev–Trinajstić information content (AvgIpc) is 3.06. The fourth-order valence-electron chi connectivity index (χ4n) is 2.45. The molecule has 0 radical (unpaired) electrons. The number of carbonyl (C=O) groups excluding carboxylic acids is 2. The second-order valence-corrected chi connectivity index (χ2v) is 7.77. The van der Waals surface area contributed by atoms with Crippen LogP contribution in [0.1, 0.15) is 15.4 Å². The van der Waals surface area contributed by atoms with Crippen LogP contribution in [0.25, 0.3) is 10.7 Å². The molecule has 0 atom stereocenters. The molecule has 0 aliphatic heterocycles. The van der Waals surface area contributed by atoms with E-state index in [-0.39, 0.29) is 12.5 Å². The van der Waals surface area contributed by atoms with Crippen LogP contribution in [0.5, 0.6) is 0 Å². The Morgan fingerprint density at radius 1 is 1.14 bits per heavy atom.